The number of rotatable bonds is 1. The average molecular weight is 190 g/mol. The molecular weight excluding hydrogens is 172 g/mol. The standard InChI is InChI=1S/C13H18O/c1-12(2,3)7-5-6-8-13(4)9-11(13)10-14/h11,14H,9-10H2,1-4H3/t11-,13+/m0/s1. The Morgan fingerprint density at radius 3 is 2.43 bits per heavy atom. The van der Waals surface area contributed by atoms with Gasteiger partial charge in [0.1, 0.15) is 0 Å². The molecule has 0 spiro atoms. The van der Waals surface area contributed by atoms with Gasteiger partial charge in [0.15, 0.2) is 0 Å². The normalized spacial score (nSPS) is 29.6. The highest BCUT2D eigenvalue weighted by Gasteiger charge is 2.48. The van der Waals surface area contributed by atoms with Gasteiger partial charge in [0.2, 0.25) is 0 Å². The van der Waals surface area contributed by atoms with Crippen molar-refractivity contribution >= 4 is 0 Å². The highest BCUT2D eigenvalue weighted by atomic mass is 16.3. The summed E-state index contributed by atoms with van der Waals surface area (Å²) in [6.07, 6.45) is 1.01. The molecule has 0 amide bonds. The molecule has 1 nitrogen and oxygen atoms in total. The predicted molar refractivity (Wildman–Crippen MR) is 58.3 cm³/mol. The van der Waals surface area contributed by atoms with Crippen molar-refractivity contribution in [2.24, 2.45) is 16.7 Å². The van der Waals surface area contributed by atoms with E-state index in [9.17, 15) is 0 Å². The molecule has 1 saturated carbocycles. The first kappa shape index (κ1) is 11.2. The molecule has 0 saturated heterocycles. The van der Waals surface area contributed by atoms with Gasteiger partial charge in [0.25, 0.3) is 0 Å². The zero-order chi connectivity index (χ0) is 10.8. The second-order valence-electron chi connectivity index (χ2n) is 5.25. The second kappa shape index (κ2) is 3.68. The smallest absolute Gasteiger partial charge is 0.0474 e. The van der Waals surface area contributed by atoms with E-state index in [-0.39, 0.29) is 17.4 Å². The minimum absolute atomic E-state index is 0.0233. The summed E-state index contributed by atoms with van der Waals surface area (Å²) < 4.78 is 0. The molecule has 1 fully saturated rings. The molecule has 0 aromatic rings. The molecule has 0 radical (unpaired) electrons. The highest BCUT2D eigenvalue weighted by molar-refractivity contribution is 5.33. The van der Waals surface area contributed by atoms with E-state index in [1.165, 1.54) is 0 Å². The van der Waals surface area contributed by atoms with Crippen molar-refractivity contribution in [1.82, 2.24) is 0 Å². The molecule has 1 aliphatic carbocycles. The molecule has 0 bridgehead atoms. The fourth-order valence-corrected chi connectivity index (χ4v) is 1.26. The summed E-state index contributed by atoms with van der Waals surface area (Å²) in [5.74, 6) is 12.3. The molecule has 1 heteroatoms. The van der Waals surface area contributed by atoms with Crippen LogP contribution in [0.15, 0.2) is 0 Å². The summed E-state index contributed by atoms with van der Waals surface area (Å²) in [7, 11) is 0. The van der Waals surface area contributed by atoms with Crippen molar-refractivity contribution in [3.8, 4) is 23.7 Å². The van der Waals surface area contributed by atoms with Gasteiger partial charge < -0.3 is 5.11 Å². The quantitative estimate of drug-likeness (QED) is 0.627. The van der Waals surface area contributed by atoms with Crippen molar-refractivity contribution < 1.29 is 5.11 Å². The third-order valence-electron chi connectivity index (χ3n) is 2.48. The Labute approximate surface area is 86.9 Å². The van der Waals surface area contributed by atoms with Gasteiger partial charge in [-0.2, -0.15) is 0 Å². The number of hydrogen-bond acceptors (Lipinski definition) is 1. The second-order valence-corrected chi connectivity index (χ2v) is 5.25. The average Bonchev–Trinajstić information content (AvgIpc) is 2.70. The summed E-state index contributed by atoms with van der Waals surface area (Å²) in [6.45, 7) is 8.53. The van der Waals surface area contributed by atoms with Crippen molar-refractivity contribution in [3.05, 3.63) is 0 Å². The van der Waals surface area contributed by atoms with Gasteiger partial charge in [-0.1, -0.05) is 11.8 Å². The zero-order valence-corrected chi connectivity index (χ0v) is 9.44. The number of hydrogen-bond donors (Lipinski definition) is 1. The van der Waals surface area contributed by atoms with Crippen LogP contribution in [0.2, 0.25) is 0 Å². The summed E-state index contributed by atoms with van der Waals surface area (Å²) >= 11 is 0. The summed E-state index contributed by atoms with van der Waals surface area (Å²) in [5, 5.41) is 8.92. The number of aliphatic hydroxyl groups is 1. The lowest BCUT2D eigenvalue weighted by Gasteiger charge is -2.05. The van der Waals surface area contributed by atoms with Crippen molar-refractivity contribution in [2.75, 3.05) is 6.61 Å². The molecule has 1 rings (SSSR count). The van der Waals surface area contributed by atoms with Crippen LogP contribution in [0, 0.1) is 40.4 Å². The van der Waals surface area contributed by atoms with Crippen LogP contribution in [0.25, 0.3) is 0 Å². The van der Waals surface area contributed by atoms with E-state index in [0.29, 0.717) is 5.92 Å². The van der Waals surface area contributed by atoms with Gasteiger partial charge in [0, 0.05) is 17.4 Å². The minimum Gasteiger partial charge on any atom is -0.396 e. The lowest BCUT2D eigenvalue weighted by atomic mass is 9.98. The third-order valence-corrected chi connectivity index (χ3v) is 2.48. The summed E-state index contributed by atoms with van der Waals surface area (Å²) in [4.78, 5) is 0. The molecule has 0 heterocycles. The lowest BCUT2D eigenvalue weighted by molar-refractivity contribution is 0.264. The first-order valence-corrected chi connectivity index (χ1v) is 5.02. The Kier molecular flexibility index (Phi) is 2.93. The molecule has 0 aromatic heterocycles. The third kappa shape index (κ3) is 3.09. The molecule has 0 aliphatic heterocycles. The van der Waals surface area contributed by atoms with Crippen LogP contribution in [0.1, 0.15) is 34.1 Å². The molecule has 76 valence electrons. The molecule has 1 N–H and O–H groups in total. The highest BCUT2D eigenvalue weighted by Crippen LogP contribution is 2.51. The first-order valence-electron chi connectivity index (χ1n) is 5.02. The molecule has 0 aromatic carbocycles. The van der Waals surface area contributed by atoms with Crippen LogP contribution >= 0.6 is 0 Å². The Morgan fingerprint density at radius 2 is 2.00 bits per heavy atom. The van der Waals surface area contributed by atoms with E-state index >= 15 is 0 Å². The number of aliphatic hydroxyl groups excluding tert-OH is 1. The maximum atomic E-state index is 8.92. The fourth-order valence-electron chi connectivity index (χ4n) is 1.26. The Balaban J connectivity index is 2.53. The van der Waals surface area contributed by atoms with Crippen molar-refractivity contribution in [2.45, 2.75) is 34.1 Å². The van der Waals surface area contributed by atoms with Crippen LogP contribution < -0.4 is 0 Å². The molecule has 2 atom stereocenters. The van der Waals surface area contributed by atoms with Crippen LogP contribution in [0.5, 0.6) is 0 Å². The molecule has 1 aliphatic rings. The zero-order valence-electron chi connectivity index (χ0n) is 9.44. The Bertz CT molecular complexity index is 326. The Hall–Kier alpha value is -0.920. The van der Waals surface area contributed by atoms with Gasteiger partial charge in [-0.25, -0.2) is 0 Å². The molecule has 14 heavy (non-hydrogen) atoms. The van der Waals surface area contributed by atoms with E-state index in [4.69, 9.17) is 5.11 Å². The largest absolute Gasteiger partial charge is 0.396 e. The van der Waals surface area contributed by atoms with Gasteiger partial charge in [-0.05, 0) is 51.9 Å². The molecular formula is C13H18O. The first-order chi connectivity index (χ1) is 6.37. The minimum atomic E-state index is 0.0233. The maximum absolute atomic E-state index is 8.92. The topological polar surface area (TPSA) is 20.2 Å². The van der Waals surface area contributed by atoms with Crippen molar-refractivity contribution in [1.29, 1.82) is 0 Å². The monoisotopic (exact) mass is 190 g/mol. The van der Waals surface area contributed by atoms with Crippen LogP contribution in [-0.2, 0) is 0 Å². The van der Waals surface area contributed by atoms with E-state index in [1.54, 1.807) is 0 Å². The summed E-state index contributed by atoms with van der Waals surface area (Å²) in [6, 6.07) is 0. The Morgan fingerprint density at radius 1 is 1.36 bits per heavy atom. The molecule has 0 unspecified atom stereocenters. The van der Waals surface area contributed by atoms with E-state index in [2.05, 4.69) is 51.4 Å². The van der Waals surface area contributed by atoms with Crippen LogP contribution in [0.4, 0.5) is 0 Å². The van der Waals surface area contributed by atoms with Crippen LogP contribution in [-0.4, -0.2) is 11.7 Å². The van der Waals surface area contributed by atoms with Gasteiger partial charge in [0.05, 0.1) is 0 Å². The fraction of sp³-hybridized carbons (Fsp3) is 0.692. The van der Waals surface area contributed by atoms with Gasteiger partial charge in [-0.15, -0.1) is 0 Å². The van der Waals surface area contributed by atoms with E-state index in [0.717, 1.165) is 6.42 Å². The van der Waals surface area contributed by atoms with Crippen molar-refractivity contribution in [3.63, 3.8) is 0 Å². The lowest BCUT2D eigenvalue weighted by Crippen LogP contribution is -1.99. The predicted octanol–water partition coefficient (Wildman–Crippen LogP) is 2.06. The maximum Gasteiger partial charge on any atom is 0.0474 e. The van der Waals surface area contributed by atoms with Gasteiger partial charge in [-0.3, -0.25) is 0 Å². The summed E-state index contributed by atoms with van der Waals surface area (Å²) in [5.41, 5.74) is 0.0524. The van der Waals surface area contributed by atoms with E-state index < -0.39 is 0 Å². The SMILES string of the molecule is CC(C)(C)C#CC#C[C@]1(C)C[C@H]1CO. The van der Waals surface area contributed by atoms with E-state index in [1.807, 2.05) is 0 Å². The van der Waals surface area contributed by atoms with Crippen LogP contribution in [0.3, 0.4) is 0 Å². The van der Waals surface area contributed by atoms with Gasteiger partial charge >= 0.3 is 0 Å².